The normalized spacial score (nSPS) is 9.46. The molecule has 0 aliphatic heterocycles. The molecule has 1 amide bonds. The maximum Gasteiger partial charge on any atom is 0.429 e. The number of rotatable bonds is 1. The van der Waals surface area contributed by atoms with E-state index in [1.54, 1.807) is 24.3 Å². The molecule has 0 atom stereocenters. The molecule has 0 fully saturated rings. The zero-order valence-electron chi connectivity index (χ0n) is 6.83. The molecule has 0 N–H and O–H groups in total. The molecule has 0 radical (unpaired) electrons. The summed E-state index contributed by atoms with van der Waals surface area (Å²) >= 11 is 8.92. The van der Waals surface area contributed by atoms with Gasteiger partial charge in [0.1, 0.15) is 0 Å². The van der Waals surface area contributed by atoms with E-state index in [1.807, 2.05) is 0 Å². The molecule has 1 aromatic rings. The van der Waals surface area contributed by atoms with Gasteiger partial charge in [-0.05, 0) is 24.3 Å². The largest absolute Gasteiger partial charge is 0.452 e. The number of methoxy groups -OCH3 is 1. The Labute approximate surface area is 89.5 Å². The van der Waals surface area contributed by atoms with Crippen LogP contribution in [0, 0.1) is 0 Å². The first kappa shape index (κ1) is 10.3. The summed E-state index contributed by atoms with van der Waals surface area (Å²) in [6.07, 6.45) is -0.607. The molecule has 3 nitrogen and oxygen atoms in total. The highest BCUT2D eigenvalue weighted by atomic mass is 79.9. The van der Waals surface area contributed by atoms with Crippen LogP contribution >= 0.6 is 27.7 Å². The van der Waals surface area contributed by atoms with Crippen molar-refractivity contribution in [3.63, 3.8) is 0 Å². The minimum Gasteiger partial charge on any atom is -0.452 e. The summed E-state index contributed by atoms with van der Waals surface area (Å²) in [6, 6.07) is 6.98. The van der Waals surface area contributed by atoms with E-state index in [9.17, 15) is 4.79 Å². The second-order valence-corrected chi connectivity index (χ2v) is 3.48. The van der Waals surface area contributed by atoms with Gasteiger partial charge >= 0.3 is 6.09 Å². The molecule has 13 heavy (non-hydrogen) atoms. The quantitative estimate of drug-likeness (QED) is 0.729. The highest BCUT2D eigenvalue weighted by molar-refractivity contribution is 9.10. The minimum atomic E-state index is -0.607. The number of hydrogen-bond donors (Lipinski definition) is 0. The Hall–Kier alpha value is -0.740. The molecule has 0 saturated carbocycles. The van der Waals surface area contributed by atoms with Gasteiger partial charge in [-0.25, -0.2) is 4.79 Å². The van der Waals surface area contributed by atoms with E-state index in [2.05, 4.69) is 20.7 Å². The Bertz CT molecular complexity index is 302. The SMILES string of the molecule is COC(=O)N(Cl)c1ccc(Br)cc1. The highest BCUT2D eigenvalue weighted by Crippen LogP contribution is 2.20. The molecule has 0 aliphatic rings. The molecule has 0 heterocycles. The molecule has 0 aliphatic carbocycles. The molecule has 0 aromatic heterocycles. The van der Waals surface area contributed by atoms with Crippen LogP contribution < -0.4 is 4.42 Å². The van der Waals surface area contributed by atoms with Crippen LogP contribution in [0.4, 0.5) is 10.5 Å². The van der Waals surface area contributed by atoms with Gasteiger partial charge in [-0.1, -0.05) is 15.9 Å². The van der Waals surface area contributed by atoms with Crippen molar-refractivity contribution in [3.05, 3.63) is 28.7 Å². The van der Waals surface area contributed by atoms with Crippen LogP contribution in [0.5, 0.6) is 0 Å². The third-order valence-corrected chi connectivity index (χ3v) is 2.25. The van der Waals surface area contributed by atoms with Crippen LogP contribution in [-0.2, 0) is 4.74 Å². The van der Waals surface area contributed by atoms with Gasteiger partial charge in [0.25, 0.3) is 0 Å². The first-order valence-electron chi connectivity index (χ1n) is 3.44. The number of halogens is 2. The second kappa shape index (κ2) is 4.48. The smallest absolute Gasteiger partial charge is 0.429 e. The lowest BCUT2D eigenvalue weighted by atomic mass is 10.3. The van der Waals surface area contributed by atoms with Crippen molar-refractivity contribution in [1.29, 1.82) is 0 Å². The summed E-state index contributed by atoms with van der Waals surface area (Å²) in [5.74, 6) is 0. The van der Waals surface area contributed by atoms with Crippen molar-refractivity contribution >= 4 is 39.5 Å². The predicted molar refractivity (Wildman–Crippen MR) is 54.9 cm³/mol. The fourth-order valence-electron chi connectivity index (χ4n) is 0.758. The molecule has 1 rings (SSSR count). The maximum absolute atomic E-state index is 11.0. The minimum absolute atomic E-state index is 0.566. The highest BCUT2D eigenvalue weighted by Gasteiger charge is 2.12. The number of benzene rings is 1. The lowest BCUT2D eigenvalue weighted by Gasteiger charge is -2.11. The fourth-order valence-corrected chi connectivity index (χ4v) is 1.20. The number of ether oxygens (including phenoxy) is 1. The third kappa shape index (κ3) is 2.60. The van der Waals surface area contributed by atoms with Gasteiger partial charge in [-0.3, -0.25) is 0 Å². The van der Waals surface area contributed by atoms with Crippen molar-refractivity contribution in [1.82, 2.24) is 0 Å². The van der Waals surface area contributed by atoms with Crippen molar-refractivity contribution < 1.29 is 9.53 Å². The van der Waals surface area contributed by atoms with Crippen LogP contribution in [-0.4, -0.2) is 13.2 Å². The van der Waals surface area contributed by atoms with Gasteiger partial charge in [-0.15, -0.1) is 0 Å². The van der Waals surface area contributed by atoms with Crippen LogP contribution in [0.3, 0.4) is 0 Å². The first-order chi connectivity index (χ1) is 6.15. The maximum atomic E-state index is 11.0. The van der Waals surface area contributed by atoms with Gasteiger partial charge in [0.15, 0.2) is 0 Å². The van der Waals surface area contributed by atoms with E-state index in [0.29, 0.717) is 5.69 Å². The number of carbonyl (C=O) groups excluding carboxylic acids is 1. The molecule has 0 spiro atoms. The second-order valence-electron chi connectivity index (χ2n) is 2.23. The molecule has 0 bridgehead atoms. The predicted octanol–water partition coefficient (Wildman–Crippen LogP) is 3.18. The first-order valence-corrected chi connectivity index (χ1v) is 4.57. The van der Waals surface area contributed by atoms with Gasteiger partial charge in [0.2, 0.25) is 0 Å². The Morgan fingerprint density at radius 2 is 2.00 bits per heavy atom. The topological polar surface area (TPSA) is 29.5 Å². The Morgan fingerprint density at radius 3 is 2.46 bits per heavy atom. The lowest BCUT2D eigenvalue weighted by molar-refractivity contribution is 0.183. The van der Waals surface area contributed by atoms with Gasteiger partial charge in [-0.2, -0.15) is 4.42 Å². The van der Waals surface area contributed by atoms with Crippen molar-refractivity contribution in [3.8, 4) is 0 Å². The van der Waals surface area contributed by atoms with Crippen LogP contribution in [0.1, 0.15) is 0 Å². The van der Waals surface area contributed by atoms with Crippen molar-refractivity contribution in [2.75, 3.05) is 11.5 Å². The molecule has 0 unspecified atom stereocenters. The number of amides is 1. The molecule has 5 heteroatoms. The summed E-state index contributed by atoms with van der Waals surface area (Å²) < 4.78 is 6.27. The van der Waals surface area contributed by atoms with E-state index in [-0.39, 0.29) is 0 Å². The van der Waals surface area contributed by atoms with Crippen molar-refractivity contribution in [2.45, 2.75) is 0 Å². The monoisotopic (exact) mass is 263 g/mol. The zero-order valence-corrected chi connectivity index (χ0v) is 9.17. The number of nitrogens with zero attached hydrogens (tertiary/aromatic N) is 1. The number of anilines is 1. The third-order valence-electron chi connectivity index (χ3n) is 1.39. The Kier molecular flexibility index (Phi) is 3.57. The molecular formula is C8H7BrClNO2. The van der Waals surface area contributed by atoms with E-state index in [1.165, 1.54) is 7.11 Å². The van der Waals surface area contributed by atoms with Crippen LogP contribution in [0.25, 0.3) is 0 Å². The average molecular weight is 265 g/mol. The Morgan fingerprint density at radius 1 is 1.46 bits per heavy atom. The summed E-state index contributed by atoms with van der Waals surface area (Å²) in [4.78, 5) is 11.0. The molecular weight excluding hydrogens is 257 g/mol. The van der Waals surface area contributed by atoms with E-state index < -0.39 is 6.09 Å². The lowest BCUT2D eigenvalue weighted by Crippen LogP contribution is -2.19. The van der Waals surface area contributed by atoms with Crippen LogP contribution in [0.15, 0.2) is 28.7 Å². The van der Waals surface area contributed by atoms with E-state index in [4.69, 9.17) is 11.8 Å². The summed E-state index contributed by atoms with van der Waals surface area (Å²) in [6.45, 7) is 0. The number of carbonyl (C=O) groups is 1. The summed E-state index contributed by atoms with van der Waals surface area (Å²) in [5, 5.41) is 0. The van der Waals surface area contributed by atoms with Gasteiger partial charge in [0, 0.05) is 16.2 Å². The molecule has 70 valence electrons. The van der Waals surface area contributed by atoms with Gasteiger partial charge < -0.3 is 4.74 Å². The van der Waals surface area contributed by atoms with Crippen molar-refractivity contribution in [2.24, 2.45) is 0 Å². The summed E-state index contributed by atoms with van der Waals surface area (Å²) in [5.41, 5.74) is 0.566. The average Bonchev–Trinajstić information content (AvgIpc) is 2.17. The number of hydrogen-bond acceptors (Lipinski definition) is 2. The molecule has 1 aromatic carbocycles. The van der Waals surface area contributed by atoms with E-state index >= 15 is 0 Å². The van der Waals surface area contributed by atoms with Gasteiger partial charge in [0.05, 0.1) is 12.8 Å². The summed E-state index contributed by atoms with van der Waals surface area (Å²) in [7, 11) is 1.27. The zero-order chi connectivity index (χ0) is 9.84. The molecule has 0 saturated heterocycles. The fraction of sp³-hybridized carbons (Fsp3) is 0.125. The van der Waals surface area contributed by atoms with E-state index in [0.717, 1.165) is 8.89 Å². The van der Waals surface area contributed by atoms with Crippen LogP contribution in [0.2, 0.25) is 0 Å². The standard InChI is InChI=1S/C8H7BrClNO2/c1-13-8(12)11(10)7-4-2-6(9)3-5-7/h2-5H,1H3. The Balaban J connectivity index is 2.83.